The van der Waals surface area contributed by atoms with Gasteiger partial charge in [-0.3, -0.25) is 4.90 Å². The summed E-state index contributed by atoms with van der Waals surface area (Å²) < 4.78 is 5.65. The van der Waals surface area contributed by atoms with Crippen LogP contribution < -0.4 is 5.63 Å². The second-order valence-corrected chi connectivity index (χ2v) is 6.83. The van der Waals surface area contributed by atoms with Gasteiger partial charge in [-0.25, -0.2) is 4.79 Å². The molecule has 0 spiro atoms. The van der Waals surface area contributed by atoms with Crippen molar-refractivity contribution in [3.8, 4) is 5.75 Å². The third kappa shape index (κ3) is 2.65. The van der Waals surface area contributed by atoms with Crippen LogP contribution in [0.3, 0.4) is 0 Å². The van der Waals surface area contributed by atoms with Crippen molar-refractivity contribution in [3.05, 3.63) is 39.2 Å². The molecule has 0 atom stereocenters. The highest BCUT2D eigenvalue weighted by atomic mass is 16.4. The quantitative estimate of drug-likeness (QED) is 0.864. The fraction of sp³-hybridized carbons (Fsp3) is 0.526. The molecule has 2 heterocycles. The molecule has 0 saturated carbocycles. The van der Waals surface area contributed by atoms with Gasteiger partial charge in [0.2, 0.25) is 0 Å². The lowest BCUT2D eigenvalue weighted by Gasteiger charge is -2.21. The Kier molecular flexibility index (Phi) is 3.85. The van der Waals surface area contributed by atoms with Crippen molar-refractivity contribution < 1.29 is 9.52 Å². The van der Waals surface area contributed by atoms with E-state index in [-0.39, 0.29) is 11.4 Å². The Labute approximate surface area is 135 Å². The zero-order valence-corrected chi connectivity index (χ0v) is 13.4. The fourth-order valence-electron chi connectivity index (χ4n) is 4.06. The molecule has 4 rings (SSSR count). The van der Waals surface area contributed by atoms with E-state index < -0.39 is 0 Å². The number of benzene rings is 1. The molecule has 122 valence electrons. The molecule has 2 aliphatic rings. The average Bonchev–Trinajstić information content (AvgIpc) is 2.90. The molecule has 0 bridgehead atoms. The van der Waals surface area contributed by atoms with Crippen molar-refractivity contribution in [2.75, 3.05) is 13.1 Å². The van der Waals surface area contributed by atoms with Gasteiger partial charge in [0, 0.05) is 17.5 Å². The second kappa shape index (κ2) is 6.00. The van der Waals surface area contributed by atoms with E-state index in [0.29, 0.717) is 12.1 Å². The molecular weight excluding hydrogens is 290 g/mol. The molecule has 1 aliphatic heterocycles. The smallest absolute Gasteiger partial charge is 0.339 e. The van der Waals surface area contributed by atoms with E-state index in [2.05, 4.69) is 4.90 Å². The molecule has 23 heavy (non-hydrogen) atoms. The number of hydrogen-bond acceptors (Lipinski definition) is 4. The molecule has 4 heteroatoms. The first-order chi connectivity index (χ1) is 11.2. The van der Waals surface area contributed by atoms with Crippen molar-refractivity contribution in [2.45, 2.75) is 51.5 Å². The standard InChI is InChI=1S/C19H23NO3/c21-17-9-8-14-13-6-5-7-15(13)19(22)23-18(14)16(17)12-20-10-3-1-2-4-11-20/h8-9,21H,1-7,10-12H2. The molecule has 1 saturated heterocycles. The first-order valence-corrected chi connectivity index (χ1v) is 8.76. The number of rotatable bonds is 2. The van der Waals surface area contributed by atoms with Crippen molar-refractivity contribution in [3.63, 3.8) is 0 Å². The van der Waals surface area contributed by atoms with Gasteiger partial charge in [0.1, 0.15) is 11.3 Å². The Morgan fingerprint density at radius 2 is 1.74 bits per heavy atom. The molecule has 1 aliphatic carbocycles. The van der Waals surface area contributed by atoms with Crippen LogP contribution in [0.15, 0.2) is 21.3 Å². The predicted octanol–water partition coefficient (Wildman–Crippen LogP) is 3.36. The topological polar surface area (TPSA) is 53.7 Å². The van der Waals surface area contributed by atoms with Gasteiger partial charge in [-0.05, 0) is 62.9 Å². The lowest BCUT2D eigenvalue weighted by atomic mass is 10.0. The number of fused-ring (bicyclic) bond motifs is 3. The Morgan fingerprint density at radius 1 is 1.00 bits per heavy atom. The monoisotopic (exact) mass is 313 g/mol. The van der Waals surface area contributed by atoms with Gasteiger partial charge in [0.15, 0.2) is 0 Å². The van der Waals surface area contributed by atoms with Crippen LogP contribution in [0.5, 0.6) is 5.75 Å². The minimum absolute atomic E-state index is 0.215. The Balaban J connectivity index is 1.80. The summed E-state index contributed by atoms with van der Waals surface area (Å²) >= 11 is 0. The normalized spacial score (nSPS) is 19.0. The number of likely N-dealkylation sites (tertiary alicyclic amines) is 1. The third-order valence-corrected chi connectivity index (χ3v) is 5.30. The van der Waals surface area contributed by atoms with Crippen molar-refractivity contribution in [1.82, 2.24) is 4.90 Å². The number of phenols is 1. The van der Waals surface area contributed by atoms with Gasteiger partial charge in [0.05, 0.1) is 5.56 Å². The van der Waals surface area contributed by atoms with Gasteiger partial charge in [-0.2, -0.15) is 0 Å². The maximum absolute atomic E-state index is 12.3. The number of phenolic OH excluding ortho intramolecular Hbond substituents is 1. The van der Waals surface area contributed by atoms with Crippen molar-refractivity contribution >= 4 is 11.0 Å². The number of aryl methyl sites for hydroxylation is 1. The van der Waals surface area contributed by atoms with Crippen LogP contribution in [0, 0.1) is 0 Å². The largest absolute Gasteiger partial charge is 0.507 e. The highest BCUT2D eigenvalue weighted by Gasteiger charge is 2.23. The first kappa shape index (κ1) is 14.8. The van der Waals surface area contributed by atoms with Crippen LogP contribution >= 0.6 is 0 Å². The zero-order valence-electron chi connectivity index (χ0n) is 13.4. The summed E-state index contributed by atoms with van der Waals surface area (Å²) in [5.41, 5.74) is 3.13. The van der Waals surface area contributed by atoms with E-state index in [9.17, 15) is 9.90 Å². The summed E-state index contributed by atoms with van der Waals surface area (Å²) in [6.07, 6.45) is 7.72. The summed E-state index contributed by atoms with van der Waals surface area (Å²) in [7, 11) is 0. The van der Waals surface area contributed by atoms with Gasteiger partial charge < -0.3 is 9.52 Å². The molecule has 0 radical (unpaired) electrons. The van der Waals surface area contributed by atoms with Crippen LogP contribution in [-0.4, -0.2) is 23.1 Å². The molecule has 0 amide bonds. The molecule has 0 unspecified atom stereocenters. The Bertz CT molecular complexity index is 785. The van der Waals surface area contributed by atoms with Crippen molar-refractivity contribution in [1.29, 1.82) is 0 Å². The minimum Gasteiger partial charge on any atom is -0.507 e. The average molecular weight is 313 g/mol. The second-order valence-electron chi connectivity index (χ2n) is 6.83. The van der Waals surface area contributed by atoms with Gasteiger partial charge in [-0.1, -0.05) is 12.8 Å². The van der Waals surface area contributed by atoms with E-state index in [1.54, 1.807) is 6.07 Å². The SMILES string of the molecule is O=c1oc2c(CN3CCCCCC3)c(O)ccc2c2c1CCC2. The van der Waals surface area contributed by atoms with E-state index in [1.165, 1.54) is 25.7 Å². The molecule has 1 fully saturated rings. The minimum atomic E-state index is -0.215. The molecule has 4 nitrogen and oxygen atoms in total. The summed E-state index contributed by atoms with van der Waals surface area (Å²) in [5, 5.41) is 11.4. The maximum Gasteiger partial charge on any atom is 0.339 e. The maximum atomic E-state index is 12.3. The van der Waals surface area contributed by atoms with Crippen LogP contribution in [-0.2, 0) is 19.4 Å². The molecule has 1 aromatic heterocycles. The predicted molar refractivity (Wildman–Crippen MR) is 89.9 cm³/mol. The highest BCUT2D eigenvalue weighted by Crippen LogP contribution is 2.34. The summed E-state index contributed by atoms with van der Waals surface area (Å²) in [6.45, 7) is 2.75. The van der Waals surface area contributed by atoms with E-state index in [0.717, 1.165) is 54.4 Å². The van der Waals surface area contributed by atoms with E-state index in [1.807, 2.05) is 6.07 Å². The fourth-order valence-corrected chi connectivity index (χ4v) is 4.06. The summed E-state index contributed by atoms with van der Waals surface area (Å²) in [5.74, 6) is 0.239. The summed E-state index contributed by atoms with van der Waals surface area (Å²) in [4.78, 5) is 14.6. The molecule has 1 N–H and O–H groups in total. The van der Waals surface area contributed by atoms with E-state index in [4.69, 9.17) is 4.42 Å². The zero-order chi connectivity index (χ0) is 15.8. The van der Waals surface area contributed by atoms with E-state index >= 15 is 0 Å². The summed E-state index contributed by atoms with van der Waals surface area (Å²) in [6, 6.07) is 3.66. The Hall–Kier alpha value is -1.81. The van der Waals surface area contributed by atoms with Crippen LogP contribution in [0.4, 0.5) is 0 Å². The highest BCUT2D eigenvalue weighted by molar-refractivity contribution is 5.86. The van der Waals surface area contributed by atoms with Gasteiger partial charge in [-0.15, -0.1) is 0 Å². The Morgan fingerprint density at radius 3 is 2.52 bits per heavy atom. The molecular formula is C19H23NO3. The van der Waals surface area contributed by atoms with Crippen LogP contribution in [0.25, 0.3) is 11.0 Å². The number of hydrogen-bond donors (Lipinski definition) is 1. The number of nitrogens with zero attached hydrogens (tertiary/aromatic N) is 1. The van der Waals surface area contributed by atoms with Crippen LogP contribution in [0.1, 0.15) is 48.8 Å². The van der Waals surface area contributed by atoms with Crippen molar-refractivity contribution in [2.24, 2.45) is 0 Å². The third-order valence-electron chi connectivity index (χ3n) is 5.30. The first-order valence-electron chi connectivity index (χ1n) is 8.76. The molecule has 2 aromatic rings. The van der Waals surface area contributed by atoms with Crippen LogP contribution in [0.2, 0.25) is 0 Å². The van der Waals surface area contributed by atoms with Gasteiger partial charge in [0.25, 0.3) is 0 Å². The number of aromatic hydroxyl groups is 1. The lowest BCUT2D eigenvalue weighted by molar-refractivity contribution is 0.272. The molecule has 1 aromatic carbocycles. The van der Waals surface area contributed by atoms with Gasteiger partial charge >= 0.3 is 5.63 Å². The lowest BCUT2D eigenvalue weighted by Crippen LogP contribution is -2.24.